The summed E-state index contributed by atoms with van der Waals surface area (Å²) in [4.78, 5) is 0. The predicted octanol–water partition coefficient (Wildman–Crippen LogP) is 5.56. The topological polar surface area (TPSA) is 0 Å². The van der Waals surface area contributed by atoms with Crippen molar-refractivity contribution < 1.29 is 0 Å². The quantitative estimate of drug-likeness (QED) is 0.356. The third kappa shape index (κ3) is 14.0. The van der Waals surface area contributed by atoms with Crippen molar-refractivity contribution >= 4 is 8.07 Å². The van der Waals surface area contributed by atoms with E-state index in [4.69, 9.17) is 0 Å². The van der Waals surface area contributed by atoms with E-state index in [0.29, 0.717) is 0 Å². The molecule has 0 nitrogen and oxygen atoms in total. The Morgan fingerprint density at radius 3 is 1.87 bits per heavy atom. The Bertz CT molecular complexity index is 153. The molecular formula is C14H30Si. The van der Waals surface area contributed by atoms with Gasteiger partial charge in [-0.3, -0.25) is 0 Å². The van der Waals surface area contributed by atoms with Gasteiger partial charge in [0, 0.05) is 0 Å². The van der Waals surface area contributed by atoms with E-state index in [0.717, 1.165) is 0 Å². The van der Waals surface area contributed by atoms with Gasteiger partial charge < -0.3 is 0 Å². The third-order valence-electron chi connectivity index (χ3n) is 2.59. The average molecular weight is 226 g/mol. The fraction of sp³-hybridized carbons (Fsp3) is 0.857. The van der Waals surface area contributed by atoms with Crippen LogP contribution in [-0.4, -0.2) is 8.07 Å². The van der Waals surface area contributed by atoms with E-state index in [1.165, 1.54) is 51.4 Å². The monoisotopic (exact) mass is 226 g/mol. The maximum Gasteiger partial charge on any atom is 0.0682 e. The van der Waals surface area contributed by atoms with Crippen molar-refractivity contribution in [3.8, 4) is 0 Å². The lowest BCUT2D eigenvalue weighted by molar-refractivity contribution is 0.592. The van der Waals surface area contributed by atoms with Crippen LogP contribution in [0.3, 0.4) is 0 Å². The molecule has 0 amide bonds. The first-order chi connectivity index (χ1) is 7.06. The summed E-state index contributed by atoms with van der Waals surface area (Å²) in [6.07, 6.45) is 13.7. The van der Waals surface area contributed by atoms with Gasteiger partial charge in [-0.05, 0) is 12.8 Å². The van der Waals surface area contributed by atoms with Gasteiger partial charge in [0.15, 0.2) is 0 Å². The molecule has 0 bridgehead atoms. The molecule has 0 aromatic rings. The largest absolute Gasteiger partial charge is 0.0989 e. The molecule has 0 spiro atoms. The Kier molecular flexibility index (Phi) is 9.18. The molecule has 0 aliphatic heterocycles. The van der Waals surface area contributed by atoms with Crippen molar-refractivity contribution in [1.82, 2.24) is 0 Å². The fourth-order valence-electron chi connectivity index (χ4n) is 1.66. The summed E-state index contributed by atoms with van der Waals surface area (Å²) >= 11 is 0. The number of rotatable bonds is 9. The second kappa shape index (κ2) is 9.20. The van der Waals surface area contributed by atoms with Crippen LogP contribution in [0.25, 0.3) is 0 Å². The molecule has 0 aliphatic carbocycles. The maximum atomic E-state index is 2.48. The minimum Gasteiger partial charge on any atom is -0.0989 e. The summed E-state index contributed by atoms with van der Waals surface area (Å²) in [6, 6.07) is 0. The first kappa shape index (κ1) is 15.0. The number of allylic oxidation sites excluding steroid dienone is 1. The summed E-state index contributed by atoms with van der Waals surface area (Å²) in [6.45, 7) is 9.47. The van der Waals surface area contributed by atoms with Gasteiger partial charge in [-0.2, -0.15) is 0 Å². The first-order valence-corrected chi connectivity index (χ1v) is 10.3. The Labute approximate surface area is 98.2 Å². The summed E-state index contributed by atoms with van der Waals surface area (Å²) < 4.78 is 0. The minimum atomic E-state index is -0.924. The minimum absolute atomic E-state index is 0.924. The standard InChI is InChI=1S/C14H30Si/c1-5-6-7-8-9-10-11-12-13-14-15(2,3)4/h13-14H,5-12H2,1-4H3/b14-13+. The van der Waals surface area contributed by atoms with Gasteiger partial charge >= 0.3 is 0 Å². The second-order valence-corrected chi connectivity index (χ2v) is 10.7. The maximum absolute atomic E-state index is 2.48. The molecule has 0 N–H and O–H groups in total. The summed E-state index contributed by atoms with van der Waals surface area (Å²) in [5.41, 5.74) is 2.48. The molecule has 0 fully saturated rings. The van der Waals surface area contributed by atoms with Gasteiger partial charge in [-0.25, -0.2) is 0 Å². The van der Waals surface area contributed by atoms with Gasteiger partial charge in [0.25, 0.3) is 0 Å². The zero-order valence-electron chi connectivity index (χ0n) is 11.3. The van der Waals surface area contributed by atoms with Crippen LogP contribution in [0.4, 0.5) is 0 Å². The van der Waals surface area contributed by atoms with E-state index in [-0.39, 0.29) is 0 Å². The van der Waals surface area contributed by atoms with E-state index in [1.807, 2.05) is 0 Å². The lowest BCUT2D eigenvalue weighted by Gasteiger charge is -2.07. The molecule has 0 radical (unpaired) electrons. The normalized spacial score (nSPS) is 12.5. The smallest absolute Gasteiger partial charge is 0.0682 e. The van der Waals surface area contributed by atoms with Crippen molar-refractivity contribution in [2.45, 2.75) is 77.9 Å². The van der Waals surface area contributed by atoms with Crippen LogP contribution in [0.1, 0.15) is 58.3 Å². The number of hydrogen-bond acceptors (Lipinski definition) is 0. The summed E-state index contributed by atoms with van der Waals surface area (Å²) in [5, 5.41) is 0. The molecule has 0 heterocycles. The average Bonchev–Trinajstić information content (AvgIpc) is 2.14. The molecule has 15 heavy (non-hydrogen) atoms. The van der Waals surface area contributed by atoms with Crippen LogP contribution >= 0.6 is 0 Å². The second-order valence-electron chi connectivity index (χ2n) is 5.68. The van der Waals surface area contributed by atoms with Gasteiger partial charge in [-0.1, -0.05) is 76.9 Å². The summed E-state index contributed by atoms with van der Waals surface area (Å²) in [7, 11) is -0.924. The molecule has 0 saturated carbocycles. The van der Waals surface area contributed by atoms with Crippen LogP contribution < -0.4 is 0 Å². The van der Waals surface area contributed by atoms with Crippen LogP contribution in [0.5, 0.6) is 0 Å². The molecule has 0 aliphatic rings. The highest BCUT2D eigenvalue weighted by Crippen LogP contribution is 2.09. The molecular weight excluding hydrogens is 196 g/mol. The highest BCUT2D eigenvalue weighted by molar-refractivity contribution is 6.80. The van der Waals surface area contributed by atoms with E-state index in [1.54, 1.807) is 0 Å². The molecule has 0 saturated heterocycles. The molecule has 0 atom stereocenters. The Hall–Kier alpha value is -0.0431. The highest BCUT2D eigenvalue weighted by atomic mass is 28.3. The summed E-state index contributed by atoms with van der Waals surface area (Å²) in [5.74, 6) is 0. The first-order valence-electron chi connectivity index (χ1n) is 6.74. The zero-order valence-corrected chi connectivity index (χ0v) is 12.3. The SMILES string of the molecule is CCCCCCCCC/C=C/[Si](C)(C)C. The predicted molar refractivity (Wildman–Crippen MR) is 75.1 cm³/mol. The van der Waals surface area contributed by atoms with Crippen LogP contribution in [0, 0.1) is 0 Å². The van der Waals surface area contributed by atoms with E-state index >= 15 is 0 Å². The van der Waals surface area contributed by atoms with Gasteiger partial charge in [0.05, 0.1) is 8.07 Å². The Balaban J connectivity index is 3.15. The van der Waals surface area contributed by atoms with Gasteiger partial charge in [0.2, 0.25) is 0 Å². The van der Waals surface area contributed by atoms with Crippen molar-refractivity contribution in [1.29, 1.82) is 0 Å². The van der Waals surface area contributed by atoms with Crippen molar-refractivity contribution in [2.24, 2.45) is 0 Å². The molecule has 0 rings (SSSR count). The van der Waals surface area contributed by atoms with Crippen molar-refractivity contribution in [3.05, 3.63) is 11.8 Å². The molecule has 0 aromatic carbocycles. The number of hydrogen-bond donors (Lipinski definition) is 0. The van der Waals surface area contributed by atoms with Crippen LogP contribution in [0.15, 0.2) is 11.8 Å². The van der Waals surface area contributed by atoms with Gasteiger partial charge in [-0.15, -0.1) is 0 Å². The van der Waals surface area contributed by atoms with E-state index in [9.17, 15) is 0 Å². The fourth-order valence-corrected chi connectivity index (χ4v) is 2.53. The molecule has 0 aromatic heterocycles. The molecule has 90 valence electrons. The van der Waals surface area contributed by atoms with E-state index in [2.05, 4.69) is 38.3 Å². The lowest BCUT2D eigenvalue weighted by atomic mass is 10.1. The highest BCUT2D eigenvalue weighted by Gasteiger charge is 2.05. The van der Waals surface area contributed by atoms with Crippen molar-refractivity contribution in [3.63, 3.8) is 0 Å². The molecule has 1 heteroatoms. The van der Waals surface area contributed by atoms with Crippen molar-refractivity contribution in [2.75, 3.05) is 0 Å². The zero-order chi connectivity index (χ0) is 11.6. The Morgan fingerprint density at radius 2 is 1.33 bits per heavy atom. The number of unbranched alkanes of at least 4 members (excludes halogenated alkanes) is 7. The van der Waals surface area contributed by atoms with Crippen LogP contribution in [0.2, 0.25) is 19.6 Å². The molecule has 0 unspecified atom stereocenters. The third-order valence-corrected chi connectivity index (χ3v) is 3.83. The van der Waals surface area contributed by atoms with Gasteiger partial charge in [0.1, 0.15) is 0 Å². The van der Waals surface area contributed by atoms with Crippen LogP contribution in [-0.2, 0) is 0 Å². The lowest BCUT2D eigenvalue weighted by Crippen LogP contribution is -2.15. The Morgan fingerprint density at radius 1 is 0.800 bits per heavy atom. The van der Waals surface area contributed by atoms with E-state index < -0.39 is 8.07 Å².